The molecule has 1 aliphatic heterocycles. The van der Waals surface area contributed by atoms with E-state index in [1.807, 2.05) is 0 Å². The molecule has 1 aromatic carbocycles. The summed E-state index contributed by atoms with van der Waals surface area (Å²) in [6.45, 7) is 2.66. The van der Waals surface area contributed by atoms with Crippen molar-refractivity contribution < 1.29 is 34.1 Å². The molecule has 0 spiro atoms. The molecule has 1 aromatic rings. The first-order valence-corrected chi connectivity index (χ1v) is 7.38. The summed E-state index contributed by atoms with van der Waals surface area (Å²) in [7, 11) is 0. The van der Waals surface area contributed by atoms with Crippen LogP contribution in [-0.4, -0.2) is 40.6 Å². The number of cyclic esters (lactones) is 1. The lowest BCUT2D eigenvalue weighted by molar-refractivity contribution is -0.141. The van der Waals surface area contributed by atoms with Gasteiger partial charge in [-0.3, -0.25) is 14.4 Å². The van der Waals surface area contributed by atoms with Gasteiger partial charge in [0.25, 0.3) is 0 Å². The lowest BCUT2D eigenvalue weighted by atomic mass is 10.0. The van der Waals surface area contributed by atoms with Crippen LogP contribution in [0, 0.1) is 6.92 Å². The number of ketones is 1. The lowest BCUT2D eigenvalue weighted by Gasteiger charge is -2.14. The zero-order valence-electron chi connectivity index (χ0n) is 13.4. The first kappa shape index (κ1) is 17.5. The molecule has 24 heavy (non-hydrogen) atoms. The molecule has 0 bridgehead atoms. The van der Waals surface area contributed by atoms with Crippen molar-refractivity contribution >= 4 is 17.7 Å². The minimum Gasteiger partial charge on any atom is -0.507 e. The number of phenolic OH excluding ortho intramolecular Hbond substituents is 2. The van der Waals surface area contributed by atoms with Gasteiger partial charge in [-0.1, -0.05) is 0 Å². The molecule has 0 aliphatic carbocycles. The summed E-state index contributed by atoms with van der Waals surface area (Å²) in [5, 5.41) is 19.8. The van der Waals surface area contributed by atoms with Gasteiger partial charge in [-0.15, -0.1) is 0 Å². The fourth-order valence-electron chi connectivity index (χ4n) is 2.44. The van der Waals surface area contributed by atoms with Crippen molar-refractivity contribution in [2.45, 2.75) is 32.8 Å². The van der Waals surface area contributed by atoms with Gasteiger partial charge in [0.05, 0.1) is 0 Å². The van der Waals surface area contributed by atoms with Gasteiger partial charge in [0.15, 0.2) is 5.78 Å². The third kappa shape index (κ3) is 4.13. The molecule has 7 nitrogen and oxygen atoms in total. The van der Waals surface area contributed by atoms with E-state index in [1.54, 1.807) is 6.92 Å². The normalized spacial score (nSPS) is 17.5. The minimum absolute atomic E-state index is 0.206. The Morgan fingerprint density at radius 2 is 1.96 bits per heavy atom. The Balaban J connectivity index is 2.32. The van der Waals surface area contributed by atoms with Crippen LogP contribution in [0.5, 0.6) is 11.5 Å². The summed E-state index contributed by atoms with van der Waals surface area (Å²) in [5.41, 5.74) is 0.626. The number of phenols is 2. The molecule has 2 rings (SSSR count). The number of hydrogen-bond donors (Lipinski definition) is 2. The number of esters is 2. The molecule has 2 N–H and O–H groups in total. The number of benzene rings is 1. The maximum atomic E-state index is 12.4. The Labute approximate surface area is 138 Å². The van der Waals surface area contributed by atoms with Crippen molar-refractivity contribution in [1.29, 1.82) is 0 Å². The molecule has 1 saturated heterocycles. The summed E-state index contributed by atoms with van der Waals surface area (Å²) in [4.78, 5) is 34.7. The van der Waals surface area contributed by atoms with Crippen LogP contribution in [-0.2, 0) is 19.1 Å². The molecule has 128 valence electrons. The number of ether oxygens (including phenoxy) is 2. The van der Waals surface area contributed by atoms with E-state index >= 15 is 0 Å². The highest BCUT2D eigenvalue weighted by Gasteiger charge is 2.28. The molecule has 0 radical (unpaired) electrons. The molecule has 1 fully saturated rings. The third-order valence-electron chi connectivity index (χ3n) is 3.54. The van der Waals surface area contributed by atoms with Gasteiger partial charge in [-0.05, 0) is 37.1 Å². The number of allylic oxidation sites excluding steroid dienone is 1. The second kappa shape index (κ2) is 7.16. The number of carbonyl (C=O) groups is 3. The predicted molar refractivity (Wildman–Crippen MR) is 82.7 cm³/mol. The van der Waals surface area contributed by atoms with E-state index in [1.165, 1.54) is 19.1 Å². The topological polar surface area (TPSA) is 110 Å². The number of aryl methyl sites for hydroxylation is 1. The summed E-state index contributed by atoms with van der Waals surface area (Å²) < 4.78 is 9.99. The van der Waals surface area contributed by atoms with Crippen molar-refractivity contribution in [3.63, 3.8) is 0 Å². The second-order valence-electron chi connectivity index (χ2n) is 5.56. The molecule has 1 atom stereocenters. The van der Waals surface area contributed by atoms with Gasteiger partial charge in [-0.25, -0.2) is 0 Å². The average Bonchev–Trinajstić information content (AvgIpc) is 2.88. The molecule has 0 saturated carbocycles. The zero-order valence-corrected chi connectivity index (χ0v) is 13.4. The number of carbonyl (C=O) groups excluding carboxylic acids is 3. The molecule has 0 aromatic heterocycles. The van der Waals surface area contributed by atoms with Crippen LogP contribution in [0.15, 0.2) is 23.8 Å². The Bertz CT molecular complexity index is 695. The van der Waals surface area contributed by atoms with Gasteiger partial charge in [0, 0.05) is 18.9 Å². The first-order chi connectivity index (χ1) is 11.3. The molecule has 1 heterocycles. The fraction of sp³-hybridized carbons (Fsp3) is 0.353. The van der Waals surface area contributed by atoms with Crippen molar-refractivity contribution in [2.24, 2.45) is 0 Å². The fourth-order valence-corrected chi connectivity index (χ4v) is 2.44. The summed E-state index contributed by atoms with van der Waals surface area (Å²) in [6, 6.07) is 2.70. The van der Waals surface area contributed by atoms with E-state index in [0.717, 1.165) is 6.08 Å². The molecule has 7 heteroatoms. The van der Waals surface area contributed by atoms with E-state index in [4.69, 9.17) is 9.47 Å². The molecular formula is C17H18O7. The highest BCUT2D eigenvalue weighted by Crippen LogP contribution is 2.30. The van der Waals surface area contributed by atoms with Crippen LogP contribution >= 0.6 is 0 Å². The van der Waals surface area contributed by atoms with Crippen LogP contribution in [0.25, 0.3) is 0 Å². The van der Waals surface area contributed by atoms with Crippen LogP contribution in [0.2, 0.25) is 0 Å². The molecule has 1 aliphatic rings. The van der Waals surface area contributed by atoms with Gasteiger partial charge in [0.1, 0.15) is 29.8 Å². The maximum Gasteiger partial charge on any atom is 0.306 e. The highest BCUT2D eigenvalue weighted by molar-refractivity contribution is 6.09. The monoisotopic (exact) mass is 334 g/mol. The zero-order chi connectivity index (χ0) is 17.9. The standard InChI is InChI=1S/C17H18O7/c1-9-5-12(19)17(13(20)6-9)14(21)7-11(8-23-10(2)18)15-3-4-16(22)24-15/h5-7,15,19-20H,3-4,8H2,1-2H3/b11-7+/t15-/m0/s1. The predicted octanol–water partition coefficient (Wildman–Crippen LogP) is 1.78. The Kier molecular flexibility index (Phi) is 5.23. The molecular weight excluding hydrogens is 316 g/mol. The van der Waals surface area contributed by atoms with Gasteiger partial charge < -0.3 is 19.7 Å². The van der Waals surface area contributed by atoms with Crippen LogP contribution in [0.3, 0.4) is 0 Å². The summed E-state index contributed by atoms with van der Waals surface area (Å²) in [5.74, 6) is -2.33. The van der Waals surface area contributed by atoms with Crippen LogP contribution < -0.4 is 0 Å². The smallest absolute Gasteiger partial charge is 0.306 e. The quantitative estimate of drug-likeness (QED) is 0.480. The van der Waals surface area contributed by atoms with Gasteiger partial charge >= 0.3 is 11.9 Å². The average molecular weight is 334 g/mol. The maximum absolute atomic E-state index is 12.4. The molecule has 0 amide bonds. The van der Waals surface area contributed by atoms with Crippen molar-refractivity contribution in [1.82, 2.24) is 0 Å². The highest BCUT2D eigenvalue weighted by atomic mass is 16.6. The van der Waals surface area contributed by atoms with Gasteiger partial charge in [-0.2, -0.15) is 0 Å². The summed E-state index contributed by atoms with van der Waals surface area (Å²) >= 11 is 0. The van der Waals surface area contributed by atoms with Crippen molar-refractivity contribution in [3.8, 4) is 11.5 Å². The van der Waals surface area contributed by atoms with E-state index in [-0.39, 0.29) is 30.1 Å². The second-order valence-corrected chi connectivity index (χ2v) is 5.56. The number of aromatic hydroxyl groups is 2. The van der Waals surface area contributed by atoms with Crippen LogP contribution in [0.1, 0.15) is 35.7 Å². The van der Waals surface area contributed by atoms with E-state index in [2.05, 4.69) is 0 Å². The van der Waals surface area contributed by atoms with E-state index in [9.17, 15) is 24.6 Å². The first-order valence-electron chi connectivity index (χ1n) is 7.38. The SMILES string of the molecule is CC(=O)OC/C(=C\C(=O)c1c(O)cc(C)cc1O)[C@@H]1CCC(=O)O1. The summed E-state index contributed by atoms with van der Waals surface area (Å²) in [6.07, 6.45) is 1.02. The molecule has 0 unspecified atom stereocenters. The van der Waals surface area contributed by atoms with E-state index < -0.39 is 23.8 Å². The van der Waals surface area contributed by atoms with Crippen molar-refractivity contribution in [3.05, 3.63) is 34.9 Å². The number of hydrogen-bond acceptors (Lipinski definition) is 7. The minimum atomic E-state index is -0.671. The van der Waals surface area contributed by atoms with Gasteiger partial charge in [0.2, 0.25) is 0 Å². The number of rotatable bonds is 5. The Morgan fingerprint density at radius 3 is 2.46 bits per heavy atom. The van der Waals surface area contributed by atoms with E-state index in [0.29, 0.717) is 17.6 Å². The largest absolute Gasteiger partial charge is 0.507 e. The van der Waals surface area contributed by atoms with Crippen molar-refractivity contribution in [2.75, 3.05) is 6.61 Å². The Morgan fingerprint density at radius 1 is 1.33 bits per heavy atom. The lowest BCUT2D eigenvalue weighted by Crippen LogP contribution is -2.18. The third-order valence-corrected chi connectivity index (χ3v) is 3.54. The van der Waals surface area contributed by atoms with Crippen LogP contribution in [0.4, 0.5) is 0 Å². The Hall–Kier alpha value is -2.83.